The van der Waals surface area contributed by atoms with E-state index in [-0.39, 0.29) is 29.9 Å². The van der Waals surface area contributed by atoms with E-state index in [1.54, 1.807) is 12.3 Å². The molecule has 2 heterocycles. The zero-order valence-electron chi connectivity index (χ0n) is 9.87. The van der Waals surface area contributed by atoms with Crippen molar-refractivity contribution in [2.75, 3.05) is 23.8 Å². The molecule has 1 unspecified atom stereocenters. The molecule has 1 atom stereocenters. The molecule has 7 nitrogen and oxygen atoms in total. The summed E-state index contributed by atoms with van der Waals surface area (Å²) >= 11 is 0. The Hall–Kier alpha value is -1.57. The first-order chi connectivity index (χ1) is 8.44. The van der Waals surface area contributed by atoms with Gasteiger partial charge < -0.3 is 11.1 Å². The summed E-state index contributed by atoms with van der Waals surface area (Å²) in [5, 5.41) is 6.61. The maximum absolute atomic E-state index is 11.6. The molecule has 1 amide bonds. The number of amides is 1. The van der Waals surface area contributed by atoms with E-state index in [4.69, 9.17) is 5.73 Å². The molecule has 0 saturated carbocycles. The van der Waals surface area contributed by atoms with E-state index in [0.717, 1.165) is 0 Å². The summed E-state index contributed by atoms with van der Waals surface area (Å²) in [6, 6.07) is 1.61. The lowest BCUT2D eigenvalue weighted by Crippen LogP contribution is -2.32. The van der Waals surface area contributed by atoms with Gasteiger partial charge in [0.05, 0.1) is 11.5 Å². The second-order valence-corrected chi connectivity index (χ2v) is 6.74. The van der Waals surface area contributed by atoms with Gasteiger partial charge in [0, 0.05) is 12.7 Å². The maximum Gasteiger partial charge on any atom is 0.241 e. The van der Waals surface area contributed by atoms with Crippen molar-refractivity contribution in [3.8, 4) is 0 Å². The number of aromatic nitrogens is 2. The first-order valence-electron chi connectivity index (χ1n) is 5.71. The van der Waals surface area contributed by atoms with Crippen LogP contribution in [0, 0.1) is 5.92 Å². The topological polar surface area (TPSA) is 107 Å². The van der Waals surface area contributed by atoms with Crippen molar-refractivity contribution in [2.45, 2.75) is 13.0 Å². The average molecular weight is 272 g/mol. The Bertz CT molecular complexity index is 537. The number of sulfone groups is 1. The second kappa shape index (κ2) is 4.97. The Balaban J connectivity index is 1.76. The highest BCUT2D eigenvalue weighted by Crippen LogP contribution is 2.17. The van der Waals surface area contributed by atoms with Crippen LogP contribution in [0.15, 0.2) is 12.3 Å². The zero-order valence-corrected chi connectivity index (χ0v) is 10.7. The fourth-order valence-electron chi connectivity index (χ4n) is 1.96. The molecule has 0 bridgehead atoms. The Morgan fingerprint density at radius 1 is 1.61 bits per heavy atom. The molecule has 0 aromatic carbocycles. The molecular weight excluding hydrogens is 256 g/mol. The fourth-order valence-corrected chi connectivity index (χ4v) is 3.82. The van der Waals surface area contributed by atoms with Crippen LogP contribution < -0.4 is 11.1 Å². The molecule has 18 heavy (non-hydrogen) atoms. The summed E-state index contributed by atoms with van der Waals surface area (Å²) in [5.74, 6) is 0.597. The van der Waals surface area contributed by atoms with Crippen LogP contribution in [0.3, 0.4) is 0 Å². The Morgan fingerprint density at radius 3 is 2.94 bits per heavy atom. The minimum atomic E-state index is -2.88. The summed E-state index contributed by atoms with van der Waals surface area (Å²) in [6.45, 7) is 0.492. The highest BCUT2D eigenvalue weighted by Gasteiger charge is 2.27. The highest BCUT2D eigenvalue weighted by atomic mass is 32.2. The van der Waals surface area contributed by atoms with Crippen molar-refractivity contribution in [1.29, 1.82) is 0 Å². The van der Waals surface area contributed by atoms with E-state index < -0.39 is 9.84 Å². The van der Waals surface area contributed by atoms with Gasteiger partial charge in [-0.15, -0.1) is 0 Å². The molecule has 1 aliphatic rings. The van der Waals surface area contributed by atoms with E-state index in [2.05, 4.69) is 10.4 Å². The van der Waals surface area contributed by atoms with E-state index in [0.29, 0.717) is 18.8 Å². The molecule has 8 heteroatoms. The molecule has 1 aromatic heterocycles. The number of anilines is 1. The van der Waals surface area contributed by atoms with Crippen molar-refractivity contribution in [1.82, 2.24) is 15.1 Å². The maximum atomic E-state index is 11.6. The third kappa shape index (κ3) is 3.46. The number of carbonyl (C=O) groups excluding carboxylic acids is 1. The van der Waals surface area contributed by atoms with Crippen LogP contribution in [0.5, 0.6) is 0 Å². The number of rotatable bonds is 4. The van der Waals surface area contributed by atoms with Gasteiger partial charge in [0.2, 0.25) is 5.91 Å². The first kappa shape index (κ1) is 12.9. The quantitative estimate of drug-likeness (QED) is 0.732. The lowest BCUT2D eigenvalue weighted by Gasteiger charge is -2.09. The Morgan fingerprint density at radius 2 is 2.39 bits per heavy atom. The molecule has 1 aromatic rings. The molecule has 1 aliphatic heterocycles. The molecule has 2 rings (SSSR count). The number of nitrogen functional groups attached to an aromatic ring is 1. The Kier molecular flexibility index (Phi) is 3.55. The van der Waals surface area contributed by atoms with Crippen molar-refractivity contribution in [2.24, 2.45) is 5.92 Å². The Labute approximate surface area is 105 Å². The van der Waals surface area contributed by atoms with E-state index in [9.17, 15) is 13.2 Å². The third-order valence-electron chi connectivity index (χ3n) is 2.88. The van der Waals surface area contributed by atoms with Gasteiger partial charge in [-0.3, -0.25) is 9.48 Å². The van der Waals surface area contributed by atoms with Gasteiger partial charge in [-0.1, -0.05) is 0 Å². The first-order valence-corrected chi connectivity index (χ1v) is 7.53. The molecule has 1 fully saturated rings. The largest absolute Gasteiger partial charge is 0.382 e. The standard InChI is InChI=1S/C10H16N4O3S/c11-9-1-3-14(13-9)6-10(15)12-5-8-2-4-18(16,17)7-8/h1,3,8H,2,4-7H2,(H2,11,13)(H,12,15). The lowest BCUT2D eigenvalue weighted by molar-refractivity contribution is -0.122. The molecule has 100 valence electrons. The van der Waals surface area contributed by atoms with Crippen LogP contribution in [-0.2, 0) is 21.2 Å². The number of hydrogen-bond acceptors (Lipinski definition) is 5. The van der Waals surface area contributed by atoms with Crippen LogP contribution in [-0.4, -0.2) is 42.2 Å². The van der Waals surface area contributed by atoms with Crippen molar-refractivity contribution < 1.29 is 13.2 Å². The number of nitrogens with two attached hydrogens (primary N) is 1. The SMILES string of the molecule is Nc1ccn(CC(=O)NCC2CCS(=O)(=O)C2)n1. The number of hydrogen-bond donors (Lipinski definition) is 2. The summed E-state index contributed by atoms with van der Waals surface area (Å²) in [7, 11) is -2.88. The molecular formula is C10H16N4O3S. The van der Waals surface area contributed by atoms with Crippen molar-refractivity contribution >= 4 is 21.6 Å². The summed E-state index contributed by atoms with van der Waals surface area (Å²) in [4.78, 5) is 11.6. The predicted molar refractivity (Wildman–Crippen MR) is 66.4 cm³/mol. The van der Waals surface area contributed by atoms with E-state index in [1.165, 1.54) is 4.68 Å². The minimum absolute atomic E-state index is 0.0293. The predicted octanol–water partition coefficient (Wildman–Crippen LogP) is -0.984. The van der Waals surface area contributed by atoms with E-state index in [1.807, 2.05) is 0 Å². The smallest absolute Gasteiger partial charge is 0.241 e. The monoisotopic (exact) mass is 272 g/mol. The summed E-state index contributed by atoms with van der Waals surface area (Å²) < 4.78 is 23.9. The highest BCUT2D eigenvalue weighted by molar-refractivity contribution is 7.91. The lowest BCUT2D eigenvalue weighted by atomic mass is 10.1. The molecule has 1 saturated heterocycles. The normalized spacial score (nSPS) is 21.9. The molecule has 0 radical (unpaired) electrons. The van der Waals surface area contributed by atoms with Crippen molar-refractivity contribution in [3.63, 3.8) is 0 Å². The van der Waals surface area contributed by atoms with Gasteiger partial charge >= 0.3 is 0 Å². The number of carbonyl (C=O) groups is 1. The van der Waals surface area contributed by atoms with Gasteiger partial charge in [-0.25, -0.2) is 8.42 Å². The van der Waals surface area contributed by atoms with Crippen LogP contribution in [0.1, 0.15) is 6.42 Å². The molecule has 0 aliphatic carbocycles. The van der Waals surface area contributed by atoms with Gasteiger partial charge in [-0.2, -0.15) is 5.10 Å². The number of nitrogens with one attached hydrogen (secondary N) is 1. The molecule has 3 N–H and O–H groups in total. The summed E-state index contributed by atoms with van der Waals surface area (Å²) in [5.41, 5.74) is 5.43. The third-order valence-corrected chi connectivity index (χ3v) is 4.72. The van der Waals surface area contributed by atoms with Gasteiger partial charge in [0.25, 0.3) is 0 Å². The van der Waals surface area contributed by atoms with Gasteiger partial charge in [0.15, 0.2) is 9.84 Å². The minimum Gasteiger partial charge on any atom is -0.382 e. The second-order valence-electron chi connectivity index (χ2n) is 4.51. The number of nitrogens with zero attached hydrogens (tertiary/aromatic N) is 2. The van der Waals surface area contributed by atoms with E-state index >= 15 is 0 Å². The fraction of sp³-hybridized carbons (Fsp3) is 0.600. The zero-order chi connectivity index (χ0) is 13.2. The summed E-state index contributed by atoms with van der Waals surface area (Å²) in [6.07, 6.45) is 2.24. The average Bonchev–Trinajstić information content (AvgIpc) is 2.82. The van der Waals surface area contributed by atoms with Gasteiger partial charge in [0.1, 0.15) is 12.4 Å². The van der Waals surface area contributed by atoms with Crippen molar-refractivity contribution in [3.05, 3.63) is 12.3 Å². The molecule has 0 spiro atoms. The van der Waals surface area contributed by atoms with Crippen LogP contribution in [0.4, 0.5) is 5.82 Å². The van der Waals surface area contributed by atoms with Crippen LogP contribution >= 0.6 is 0 Å². The van der Waals surface area contributed by atoms with Gasteiger partial charge in [-0.05, 0) is 18.4 Å². The van der Waals surface area contributed by atoms with Crippen LogP contribution in [0.2, 0.25) is 0 Å². The van der Waals surface area contributed by atoms with Crippen LogP contribution in [0.25, 0.3) is 0 Å².